The third-order valence-corrected chi connectivity index (χ3v) is 5.19. The first kappa shape index (κ1) is 14.5. The van der Waals surface area contributed by atoms with Gasteiger partial charge in [-0.1, -0.05) is 12.2 Å². The third kappa shape index (κ3) is 1.61. The average molecular weight is 284 g/mol. The van der Waals surface area contributed by atoms with Crippen LogP contribution in [0.4, 0.5) is 0 Å². The van der Waals surface area contributed by atoms with E-state index in [4.69, 9.17) is 14.2 Å². The van der Waals surface area contributed by atoms with Crippen LogP contribution in [0, 0.1) is 11.3 Å². The van der Waals surface area contributed by atoms with Gasteiger partial charge in [-0.15, -0.1) is 0 Å². The molecule has 5 heteroatoms. The SMILES string of the molecule is C=C(C)[C@H]1[C@H](O)[C@H](O)[C@@]2(C)OC[C@@]13COC(C)(C)O[C@@H]32. The third-order valence-electron chi connectivity index (χ3n) is 5.19. The zero-order chi connectivity index (χ0) is 14.9. The standard InChI is InChI=1S/C15H24O5/c1-8(2)9-10(16)11(17)14(5)12-15(9,7-19-14)6-18-13(3,4)20-12/h9-12,16-17H,1,6-7H2,2-5H3/t9-,10-,11-,12+,14+,15-/m0/s1. The lowest BCUT2D eigenvalue weighted by Gasteiger charge is -2.57. The molecule has 1 saturated carbocycles. The minimum atomic E-state index is -1.00. The molecule has 114 valence electrons. The molecule has 0 aromatic rings. The van der Waals surface area contributed by atoms with Crippen LogP contribution in [0.5, 0.6) is 0 Å². The van der Waals surface area contributed by atoms with Crippen LogP contribution in [0.1, 0.15) is 27.7 Å². The van der Waals surface area contributed by atoms with E-state index in [0.717, 1.165) is 5.57 Å². The summed E-state index contributed by atoms with van der Waals surface area (Å²) >= 11 is 0. The molecule has 0 aromatic heterocycles. The molecule has 0 radical (unpaired) electrons. The van der Waals surface area contributed by atoms with Gasteiger partial charge in [-0.25, -0.2) is 0 Å². The average Bonchev–Trinajstić information content (AvgIpc) is 2.58. The molecule has 5 nitrogen and oxygen atoms in total. The topological polar surface area (TPSA) is 68.2 Å². The quantitative estimate of drug-likeness (QED) is 0.698. The van der Waals surface area contributed by atoms with E-state index >= 15 is 0 Å². The van der Waals surface area contributed by atoms with Crippen LogP contribution in [-0.2, 0) is 14.2 Å². The summed E-state index contributed by atoms with van der Waals surface area (Å²) in [6, 6.07) is 0. The van der Waals surface area contributed by atoms with Crippen LogP contribution >= 0.6 is 0 Å². The Morgan fingerprint density at radius 1 is 1.15 bits per heavy atom. The maximum atomic E-state index is 10.5. The van der Waals surface area contributed by atoms with E-state index in [0.29, 0.717) is 13.2 Å². The molecule has 2 bridgehead atoms. The number of ether oxygens (including phenoxy) is 3. The van der Waals surface area contributed by atoms with Crippen LogP contribution in [0.2, 0.25) is 0 Å². The molecule has 0 unspecified atom stereocenters. The van der Waals surface area contributed by atoms with Gasteiger partial charge in [0.15, 0.2) is 5.79 Å². The Kier molecular flexibility index (Phi) is 2.93. The van der Waals surface area contributed by atoms with Gasteiger partial charge in [0.1, 0.15) is 17.8 Å². The van der Waals surface area contributed by atoms with Crippen LogP contribution in [-0.4, -0.2) is 53.1 Å². The predicted molar refractivity (Wildman–Crippen MR) is 72.0 cm³/mol. The molecule has 2 N–H and O–H groups in total. The number of hydrogen-bond donors (Lipinski definition) is 2. The second kappa shape index (κ2) is 4.05. The highest BCUT2D eigenvalue weighted by Gasteiger charge is 2.72. The van der Waals surface area contributed by atoms with E-state index < -0.39 is 29.0 Å². The minimum absolute atomic E-state index is 0.297. The van der Waals surface area contributed by atoms with Crippen molar-refractivity contribution in [2.24, 2.45) is 11.3 Å². The molecule has 2 aliphatic heterocycles. The van der Waals surface area contributed by atoms with Gasteiger partial charge in [0.2, 0.25) is 0 Å². The Morgan fingerprint density at radius 2 is 1.75 bits per heavy atom. The van der Waals surface area contributed by atoms with E-state index in [1.54, 1.807) is 0 Å². The summed E-state index contributed by atoms with van der Waals surface area (Å²) in [5.41, 5.74) is -0.567. The highest BCUT2D eigenvalue weighted by Crippen LogP contribution is 2.59. The lowest BCUT2D eigenvalue weighted by Crippen LogP contribution is -2.71. The lowest BCUT2D eigenvalue weighted by atomic mass is 9.57. The summed E-state index contributed by atoms with van der Waals surface area (Å²) in [5.74, 6) is -1.01. The van der Waals surface area contributed by atoms with Gasteiger partial charge < -0.3 is 24.4 Å². The maximum Gasteiger partial charge on any atom is 0.163 e. The fourth-order valence-electron chi connectivity index (χ4n) is 4.22. The Labute approximate surface area is 119 Å². The monoisotopic (exact) mass is 284 g/mol. The van der Waals surface area contributed by atoms with E-state index in [2.05, 4.69) is 6.58 Å². The summed E-state index contributed by atoms with van der Waals surface area (Å²) in [5, 5.41) is 21.0. The van der Waals surface area contributed by atoms with Crippen molar-refractivity contribution in [2.45, 2.75) is 57.4 Å². The Morgan fingerprint density at radius 3 is 2.35 bits per heavy atom. The van der Waals surface area contributed by atoms with Crippen molar-refractivity contribution in [3.63, 3.8) is 0 Å². The lowest BCUT2D eigenvalue weighted by molar-refractivity contribution is -0.351. The van der Waals surface area contributed by atoms with Crippen molar-refractivity contribution in [1.29, 1.82) is 0 Å². The first-order chi connectivity index (χ1) is 9.14. The molecular weight excluding hydrogens is 260 g/mol. The summed E-state index contributed by atoms with van der Waals surface area (Å²) in [4.78, 5) is 0. The molecule has 1 aliphatic carbocycles. The fourth-order valence-corrected chi connectivity index (χ4v) is 4.22. The second-order valence-corrected chi connectivity index (χ2v) is 7.15. The van der Waals surface area contributed by atoms with Crippen molar-refractivity contribution in [1.82, 2.24) is 0 Å². The molecule has 0 amide bonds. The largest absolute Gasteiger partial charge is 0.390 e. The fraction of sp³-hybridized carbons (Fsp3) is 0.867. The summed E-state index contributed by atoms with van der Waals surface area (Å²) in [7, 11) is 0. The van der Waals surface area contributed by atoms with Crippen molar-refractivity contribution in [3.05, 3.63) is 12.2 Å². The molecule has 0 aromatic carbocycles. The molecule has 0 spiro atoms. The number of aliphatic hydroxyl groups is 2. The van der Waals surface area contributed by atoms with Crippen molar-refractivity contribution >= 4 is 0 Å². The molecule has 2 saturated heterocycles. The molecule has 3 rings (SSSR count). The number of aliphatic hydroxyl groups excluding tert-OH is 2. The number of rotatable bonds is 1. The first-order valence-electron chi connectivity index (χ1n) is 7.11. The predicted octanol–water partition coefficient (Wildman–Crippen LogP) is 0.841. The van der Waals surface area contributed by atoms with Crippen LogP contribution in [0.3, 0.4) is 0 Å². The van der Waals surface area contributed by atoms with Gasteiger partial charge in [0, 0.05) is 5.92 Å². The first-order valence-corrected chi connectivity index (χ1v) is 7.11. The van der Waals surface area contributed by atoms with E-state index in [1.807, 2.05) is 27.7 Å². The maximum absolute atomic E-state index is 10.5. The van der Waals surface area contributed by atoms with Gasteiger partial charge in [0.05, 0.1) is 24.7 Å². The van der Waals surface area contributed by atoms with Gasteiger partial charge in [-0.05, 0) is 27.7 Å². The Bertz CT molecular complexity index is 448. The normalized spacial score (nSPS) is 53.5. The Balaban J connectivity index is 2.10. The summed E-state index contributed by atoms with van der Waals surface area (Å²) in [6.07, 6.45) is -2.23. The zero-order valence-electron chi connectivity index (χ0n) is 12.5. The molecule has 6 atom stereocenters. The highest BCUT2D eigenvalue weighted by molar-refractivity contribution is 5.25. The van der Waals surface area contributed by atoms with Gasteiger partial charge in [-0.2, -0.15) is 0 Å². The zero-order valence-corrected chi connectivity index (χ0v) is 12.5. The van der Waals surface area contributed by atoms with E-state index in [-0.39, 0.29) is 12.0 Å². The van der Waals surface area contributed by atoms with Crippen molar-refractivity contribution < 1.29 is 24.4 Å². The van der Waals surface area contributed by atoms with E-state index in [9.17, 15) is 10.2 Å². The molecule has 3 aliphatic rings. The number of hydrogen-bond acceptors (Lipinski definition) is 5. The van der Waals surface area contributed by atoms with Gasteiger partial charge in [-0.3, -0.25) is 0 Å². The summed E-state index contributed by atoms with van der Waals surface area (Å²) in [6.45, 7) is 12.2. The van der Waals surface area contributed by atoms with Gasteiger partial charge in [0.25, 0.3) is 0 Å². The molecule has 2 heterocycles. The smallest absolute Gasteiger partial charge is 0.163 e. The van der Waals surface area contributed by atoms with Crippen LogP contribution < -0.4 is 0 Å². The second-order valence-electron chi connectivity index (χ2n) is 7.15. The molecular formula is C15H24O5. The van der Waals surface area contributed by atoms with Crippen LogP contribution in [0.15, 0.2) is 12.2 Å². The highest BCUT2D eigenvalue weighted by atomic mass is 16.7. The van der Waals surface area contributed by atoms with Crippen LogP contribution in [0.25, 0.3) is 0 Å². The van der Waals surface area contributed by atoms with Crippen molar-refractivity contribution in [3.8, 4) is 0 Å². The van der Waals surface area contributed by atoms with Crippen molar-refractivity contribution in [2.75, 3.05) is 13.2 Å². The molecule has 3 fully saturated rings. The Hall–Kier alpha value is -0.460. The minimum Gasteiger partial charge on any atom is -0.390 e. The van der Waals surface area contributed by atoms with E-state index in [1.165, 1.54) is 0 Å². The molecule has 20 heavy (non-hydrogen) atoms. The summed E-state index contributed by atoms with van der Waals surface area (Å²) < 4.78 is 17.8. The van der Waals surface area contributed by atoms with Gasteiger partial charge >= 0.3 is 0 Å².